The molecule has 0 aromatic heterocycles. The van der Waals surface area contributed by atoms with Gasteiger partial charge >= 0.3 is 0 Å². The van der Waals surface area contributed by atoms with E-state index in [2.05, 4.69) is 5.32 Å². The van der Waals surface area contributed by atoms with Crippen molar-refractivity contribution in [3.8, 4) is 0 Å². The summed E-state index contributed by atoms with van der Waals surface area (Å²) in [4.78, 5) is 11.8. The lowest BCUT2D eigenvalue weighted by Crippen LogP contribution is -2.35. The minimum atomic E-state index is -0.250. The third-order valence-electron chi connectivity index (χ3n) is 2.19. The Bertz CT molecular complexity index is 377. The molecule has 0 saturated heterocycles. The molecular formula is C11H12Cl3NO. The molecule has 1 amide bonds. The van der Waals surface area contributed by atoms with Crippen LogP contribution in [0.15, 0.2) is 18.2 Å². The normalized spacial score (nSPS) is 12.2. The predicted molar refractivity (Wildman–Crippen MR) is 68.7 cm³/mol. The van der Waals surface area contributed by atoms with Gasteiger partial charge < -0.3 is 5.32 Å². The Morgan fingerprint density at radius 1 is 1.44 bits per heavy atom. The molecule has 1 rings (SSSR count). The first-order valence-corrected chi connectivity index (χ1v) is 6.19. The Kier molecular flexibility index (Phi) is 5.39. The van der Waals surface area contributed by atoms with E-state index in [1.807, 2.05) is 6.92 Å². The monoisotopic (exact) mass is 279 g/mol. The Morgan fingerprint density at radius 2 is 2.12 bits per heavy atom. The summed E-state index contributed by atoms with van der Waals surface area (Å²) >= 11 is 17.4. The number of amides is 1. The minimum Gasteiger partial charge on any atom is -0.348 e. The molecule has 0 radical (unpaired) electrons. The van der Waals surface area contributed by atoms with Gasteiger partial charge in [-0.15, -0.1) is 11.6 Å². The third kappa shape index (κ3) is 3.55. The van der Waals surface area contributed by atoms with Crippen LogP contribution in [0.5, 0.6) is 0 Å². The number of hydrogen-bond donors (Lipinski definition) is 1. The molecule has 0 aliphatic carbocycles. The van der Waals surface area contributed by atoms with Crippen LogP contribution in [0.4, 0.5) is 0 Å². The second kappa shape index (κ2) is 6.33. The highest BCUT2D eigenvalue weighted by Crippen LogP contribution is 2.20. The smallest absolute Gasteiger partial charge is 0.253 e. The van der Waals surface area contributed by atoms with Gasteiger partial charge in [0, 0.05) is 16.9 Å². The highest BCUT2D eigenvalue weighted by molar-refractivity contribution is 6.35. The van der Waals surface area contributed by atoms with Gasteiger partial charge in [0.1, 0.15) is 0 Å². The second-order valence-electron chi connectivity index (χ2n) is 3.36. The van der Waals surface area contributed by atoms with Crippen molar-refractivity contribution in [3.63, 3.8) is 0 Å². The number of rotatable bonds is 4. The van der Waals surface area contributed by atoms with Gasteiger partial charge in [0.2, 0.25) is 0 Å². The SMILES string of the molecule is CCC(CCl)NC(=O)c1cc(Cl)ccc1Cl. The fraction of sp³-hybridized carbons (Fsp3) is 0.364. The zero-order valence-corrected chi connectivity index (χ0v) is 11.0. The van der Waals surface area contributed by atoms with Gasteiger partial charge in [-0.25, -0.2) is 0 Å². The Balaban J connectivity index is 2.83. The number of hydrogen-bond acceptors (Lipinski definition) is 1. The number of carbonyl (C=O) groups excluding carboxylic acids is 1. The lowest BCUT2D eigenvalue weighted by atomic mass is 10.2. The second-order valence-corrected chi connectivity index (χ2v) is 4.51. The number of nitrogens with one attached hydrogen (secondary N) is 1. The molecule has 0 aliphatic rings. The van der Waals surface area contributed by atoms with Gasteiger partial charge in [-0.2, -0.15) is 0 Å². The maximum Gasteiger partial charge on any atom is 0.253 e. The van der Waals surface area contributed by atoms with E-state index in [1.165, 1.54) is 0 Å². The van der Waals surface area contributed by atoms with E-state index >= 15 is 0 Å². The van der Waals surface area contributed by atoms with Crippen LogP contribution in [0.2, 0.25) is 10.0 Å². The van der Waals surface area contributed by atoms with Crippen LogP contribution >= 0.6 is 34.8 Å². The molecule has 0 heterocycles. The van der Waals surface area contributed by atoms with Gasteiger partial charge in [-0.05, 0) is 24.6 Å². The number of alkyl halides is 1. The van der Waals surface area contributed by atoms with Crippen LogP contribution in [0.25, 0.3) is 0 Å². The first kappa shape index (κ1) is 13.6. The standard InChI is InChI=1S/C11H12Cl3NO/c1-2-8(6-12)15-11(16)9-5-7(13)3-4-10(9)14/h3-5,8H,2,6H2,1H3,(H,15,16). The molecule has 0 spiro atoms. The average molecular weight is 281 g/mol. The summed E-state index contributed by atoms with van der Waals surface area (Å²) in [7, 11) is 0. The molecule has 5 heteroatoms. The molecule has 16 heavy (non-hydrogen) atoms. The summed E-state index contributed by atoms with van der Waals surface area (Å²) in [5, 5.41) is 3.65. The van der Waals surface area contributed by atoms with Crippen molar-refractivity contribution >= 4 is 40.7 Å². The first-order chi connectivity index (χ1) is 7.58. The molecule has 0 aliphatic heterocycles. The van der Waals surface area contributed by atoms with Crippen molar-refractivity contribution in [2.24, 2.45) is 0 Å². The van der Waals surface area contributed by atoms with Gasteiger partial charge in [0.25, 0.3) is 5.91 Å². The average Bonchev–Trinajstić information content (AvgIpc) is 2.28. The lowest BCUT2D eigenvalue weighted by Gasteiger charge is -2.14. The molecule has 1 atom stereocenters. The maximum atomic E-state index is 11.8. The van der Waals surface area contributed by atoms with E-state index in [1.54, 1.807) is 18.2 Å². The number of halogens is 3. The fourth-order valence-electron chi connectivity index (χ4n) is 1.18. The summed E-state index contributed by atoms with van der Waals surface area (Å²) < 4.78 is 0. The molecule has 1 unspecified atom stereocenters. The van der Waals surface area contributed by atoms with E-state index < -0.39 is 0 Å². The molecule has 0 saturated carbocycles. The minimum absolute atomic E-state index is 0.0517. The molecule has 0 bridgehead atoms. The van der Waals surface area contributed by atoms with E-state index in [0.29, 0.717) is 21.5 Å². The van der Waals surface area contributed by atoms with Crippen molar-refractivity contribution in [3.05, 3.63) is 33.8 Å². The van der Waals surface area contributed by atoms with Gasteiger partial charge in [0.05, 0.1) is 10.6 Å². The molecule has 0 fully saturated rings. The fourth-order valence-corrected chi connectivity index (χ4v) is 1.86. The van der Waals surface area contributed by atoms with Crippen LogP contribution in [0.1, 0.15) is 23.7 Å². The lowest BCUT2D eigenvalue weighted by molar-refractivity contribution is 0.0940. The molecular weight excluding hydrogens is 268 g/mol. The third-order valence-corrected chi connectivity index (χ3v) is 3.12. The largest absolute Gasteiger partial charge is 0.348 e. The van der Waals surface area contributed by atoms with E-state index in [4.69, 9.17) is 34.8 Å². The summed E-state index contributed by atoms with van der Waals surface area (Å²) in [6.07, 6.45) is 0.771. The van der Waals surface area contributed by atoms with Crippen molar-refractivity contribution in [1.82, 2.24) is 5.32 Å². The van der Waals surface area contributed by atoms with Crippen LogP contribution < -0.4 is 5.32 Å². The van der Waals surface area contributed by atoms with Crippen LogP contribution in [-0.4, -0.2) is 17.8 Å². The van der Waals surface area contributed by atoms with Gasteiger partial charge in [0.15, 0.2) is 0 Å². The Hall–Kier alpha value is -0.440. The topological polar surface area (TPSA) is 29.1 Å². The maximum absolute atomic E-state index is 11.8. The van der Waals surface area contributed by atoms with Gasteiger partial charge in [-0.1, -0.05) is 30.1 Å². The quantitative estimate of drug-likeness (QED) is 0.836. The molecule has 1 aromatic carbocycles. The first-order valence-electron chi connectivity index (χ1n) is 4.90. The van der Waals surface area contributed by atoms with Crippen LogP contribution in [-0.2, 0) is 0 Å². The summed E-state index contributed by atoms with van der Waals surface area (Å²) in [5.41, 5.74) is 0.373. The van der Waals surface area contributed by atoms with Crippen molar-refractivity contribution in [2.75, 3.05) is 5.88 Å². The number of carbonyl (C=O) groups is 1. The van der Waals surface area contributed by atoms with E-state index in [9.17, 15) is 4.79 Å². The zero-order valence-electron chi connectivity index (χ0n) is 8.77. The van der Waals surface area contributed by atoms with Crippen LogP contribution in [0.3, 0.4) is 0 Å². The van der Waals surface area contributed by atoms with E-state index in [0.717, 1.165) is 6.42 Å². The van der Waals surface area contributed by atoms with Crippen molar-refractivity contribution < 1.29 is 4.79 Å². The Labute approximate surface area is 110 Å². The van der Waals surface area contributed by atoms with E-state index in [-0.39, 0.29) is 11.9 Å². The molecule has 2 nitrogen and oxygen atoms in total. The van der Waals surface area contributed by atoms with Crippen molar-refractivity contribution in [1.29, 1.82) is 0 Å². The summed E-state index contributed by atoms with van der Waals surface area (Å²) in [6.45, 7) is 1.95. The van der Waals surface area contributed by atoms with Crippen molar-refractivity contribution in [2.45, 2.75) is 19.4 Å². The Morgan fingerprint density at radius 3 is 2.69 bits per heavy atom. The molecule has 88 valence electrons. The molecule has 1 aromatic rings. The predicted octanol–water partition coefficient (Wildman–Crippen LogP) is 3.74. The summed E-state index contributed by atoms with van der Waals surface area (Å²) in [6, 6.07) is 4.73. The highest BCUT2D eigenvalue weighted by Gasteiger charge is 2.14. The van der Waals surface area contributed by atoms with Gasteiger partial charge in [-0.3, -0.25) is 4.79 Å². The highest BCUT2D eigenvalue weighted by atomic mass is 35.5. The number of benzene rings is 1. The zero-order chi connectivity index (χ0) is 12.1. The summed E-state index contributed by atoms with van der Waals surface area (Å²) in [5.74, 6) is 0.125. The van der Waals surface area contributed by atoms with Crippen LogP contribution in [0, 0.1) is 0 Å². The molecule has 1 N–H and O–H groups in total.